The van der Waals surface area contributed by atoms with E-state index < -0.39 is 0 Å². The molecular weight excluding hydrogens is 290 g/mol. The van der Waals surface area contributed by atoms with Gasteiger partial charge in [-0.25, -0.2) is 0 Å². The van der Waals surface area contributed by atoms with Gasteiger partial charge in [0.05, 0.1) is 17.5 Å². The first-order valence-electron chi connectivity index (χ1n) is 6.21. The average Bonchev–Trinajstić information content (AvgIpc) is 3.06. The number of aliphatic hydroxyl groups is 1. The van der Waals surface area contributed by atoms with Crippen molar-refractivity contribution in [2.24, 2.45) is 0 Å². The van der Waals surface area contributed by atoms with E-state index in [-0.39, 0.29) is 18.6 Å². The van der Waals surface area contributed by atoms with Crippen molar-refractivity contribution in [3.8, 4) is 0 Å². The fourth-order valence-corrected chi connectivity index (χ4v) is 4.04. The zero-order valence-electron chi connectivity index (χ0n) is 10.6. The highest BCUT2D eigenvalue weighted by Crippen LogP contribution is 2.30. The highest BCUT2D eigenvalue weighted by Gasteiger charge is 2.16. The van der Waals surface area contributed by atoms with Crippen LogP contribution < -0.4 is 5.32 Å². The van der Waals surface area contributed by atoms with Gasteiger partial charge in [0.1, 0.15) is 0 Å². The molecule has 102 valence electrons. The minimum atomic E-state index is -0.371. The Morgan fingerprint density at radius 2 is 2.00 bits per heavy atom. The quantitative estimate of drug-likeness (QED) is 0.776. The number of carbonyl (C=O) groups excluding carboxylic acids is 1. The molecule has 0 aliphatic heterocycles. The van der Waals surface area contributed by atoms with E-state index in [1.54, 1.807) is 11.3 Å². The van der Waals surface area contributed by atoms with Crippen molar-refractivity contribution < 1.29 is 9.90 Å². The van der Waals surface area contributed by atoms with Gasteiger partial charge in [0.2, 0.25) is 0 Å². The number of benzene rings is 1. The number of carbonyl (C=O) groups is 1. The van der Waals surface area contributed by atoms with E-state index in [0.29, 0.717) is 4.88 Å². The van der Waals surface area contributed by atoms with Crippen molar-refractivity contribution in [3.05, 3.63) is 58.3 Å². The normalized spacial score (nSPS) is 12.4. The summed E-state index contributed by atoms with van der Waals surface area (Å²) in [6, 6.07) is 13.0. The molecule has 0 spiro atoms. The lowest BCUT2D eigenvalue weighted by molar-refractivity contribution is 0.0920. The number of hydrogen-bond donors (Lipinski definition) is 2. The Morgan fingerprint density at radius 1 is 1.20 bits per heavy atom. The molecule has 0 saturated heterocycles. The van der Waals surface area contributed by atoms with Crippen LogP contribution in [0, 0.1) is 0 Å². The minimum absolute atomic E-state index is 0.116. The molecule has 0 aliphatic rings. The van der Waals surface area contributed by atoms with Crippen molar-refractivity contribution in [1.29, 1.82) is 0 Å². The molecule has 20 heavy (non-hydrogen) atoms. The molecule has 3 aromatic rings. The molecule has 1 unspecified atom stereocenters. The summed E-state index contributed by atoms with van der Waals surface area (Å²) in [4.78, 5) is 12.9. The van der Waals surface area contributed by atoms with Gasteiger partial charge in [-0.2, -0.15) is 0 Å². The van der Waals surface area contributed by atoms with Crippen molar-refractivity contribution in [1.82, 2.24) is 5.32 Å². The van der Waals surface area contributed by atoms with Gasteiger partial charge in [-0.15, -0.1) is 22.7 Å². The van der Waals surface area contributed by atoms with E-state index in [4.69, 9.17) is 0 Å². The third-order valence-electron chi connectivity index (χ3n) is 3.05. The number of nitrogens with one attached hydrogen (secondary N) is 1. The van der Waals surface area contributed by atoms with Gasteiger partial charge in [-0.1, -0.05) is 30.3 Å². The van der Waals surface area contributed by atoms with Gasteiger partial charge < -0.3 is 10.4 Å². The summed E-state index contributed by atoms with van der Waals surface area (Å²) in [7, 11) is 0. The molecule has 3 nitrogen and oxygen atoms in total. The van der Waals surface area contributed by atoms with Gasteiger partial charge in [0.25, 0.3) is 5.91 Å². The molecule has 5 heteroatoms. The van der Waals surface area contributed by atoms with Crippen LogP contribution in [-0.2, 0) is 0 Å². The third kappa shape index (κ3) is 2.60. The average molecular weight is 303 g/mol. The summed E-state index contributed by atoms with van der Waals surface area (Å²) in [5, 5.41) is 14.4. The molecule has 0 fully saturated rings. The molecule has 0 radical (unpaired) electrons. The summed E-state index contributed by atoms with van der Waals surface area (Å²) >= 11 is 3.10. The number of hydrogen-bond acceptors (Lipinski definition) is 4. The van der Waals surface area contributed by atoms with Crippen LogP contribution >= 0.6 is 22.7 Å². The van der Waals surface area contributed by atoms with E-state index in [9.17, 15) is 9.90 Å². The Bertz CT molecular complexity index is 689. The first kappa shape index (κ1) is 13.3. The Balaban J connectivity index is 1.79. The fourth-order valence-electron chi connectivity index (χ4n) is 2.03. The largest absolute Gasteiger partial charge is 0.394 e. The van der Waals surface area contributed by atoms with Crippen LogP contribution in [0.3, 0.4) is 0 Å². The van der Waals surface area contributed by atoms with Crippen LogP contribution in [0.5, 0.6) is 0 Å². The summed E-state index contributed by atoms with van der Waals surface area (Å²) in [6.07, 6.45) is 0. The lowest BCUT2D eigenvalue weighted by Crippen LogP contribution is -2.30. The van der Waals surface area contributed by atoms with Crippen molar-refractivity contribution in [2.75, 3.05) is 6.61 Å². The lowest BCUT2D eigenvalue weighted by Gasteiger charge is -2.16. The van der Waals surface area contributed by atoms with E-state index in [1.807, 2.05) is 47.8 Å². The van der Waals surface area contributed by atoms with Crippen molar-refractivity contribution in [2.45, 2.75) is 6.04 Å². The molecule has 0 aliphatic carbocycles. The zero-order chi connectivity index (χ0) is 13.9. The maximum Gasteiger partial charge on any atom is 0.261 e. The number of aliphatic hydroxyl groups excluding tert-OH is 1. The molecule has 0 saturated carbocycles. The van der Waals surface area contributed by atoms with E-state index in [0.717, 1.165) is 15.0 Å². The van der Waals surface area contributed by atoms with E-state index in [1.165, 1.54) is 11.3 Å². The van der Waals surface area contributed by atoms with Crippen LogP contribution in [0.4, 0.5) is 0 Å². The second-order valence-electron chi connectivity index (χ2n) is 4.38. The molecule has 2 heterocycles. The molecule has 1 atom stereocenters. The summed E-state index contributed by atoms with van der Waals surface area (Å²) in [5.74, 6) is -0.138. The van der Waals surface area contributed by atoms with Crippen molar-refractivity contribution >= 4 is 38.0 Å². The Morgan fingerprint density at radius 3 is 2.70 bits per heavy atom. The van der Waals surface area contributed by atoms with Crippen LogP contribution in [0.25, 0.3) is 9.40 Å². The fraction of sp³-hybridized carbons (Fsp3) is 0.133. The van der Waals surface area contributed by atoms with Gasteiger partial charge >= 0.3 is 0 Å². The monoisotopic (exact) mass is 303 g/mol. The molecule has 2 N–H and O–H groups in total. The Kier molecular flexibility index (Phi) is 3.82. The summed E-state index contributed by atoms with van der Waals surface area (Å²) in [6.45, 7) is -0.116. The van der Waals surface area contributed by atoms with Crippen LogP contribution in [0.2, 0.25) is 0 Å². The number of amides is 1. The number of fused-ring (bicyclic) bond motifs is 1. The smallest absolute Gasteiger partial charge is 0.261 e. The first-order valence-corrected chi connectivity index (χ1v) is 7.91. The van der Waals surface area contributed by atoms with E-state index in [2.05, 4.69) is 5.32 Å². The highest BCUT2D eigenvalue weighted by atomic mass is 32.1. The second kappa shape index (κ2) is 5.75. The van der Waals surface area contributed by atoms with Crippen LogP contribution in [0.15, 0.2) is 47.8 Å². The maximum absolute atomic E-state index is 12.2. The second-order valence-corrected chi connectivity index (χ2v) is 6.41. The standard InChI is InChI=1S/C15H13NO2S2/c17-9-11(10-4-2-1-3-5-10)16-15(18)14-8-13-12(20-14)6-7-19-13/h1-8,11,17H,9H2,(H,16,18). The molecule has 3 rings (SSSR count). The first-order chi connectivity index (χ1) is 9.78. The lowest BCUT2D eigenvalue weighted by atomic mass is 10.1. The van der Waals surface area contributed by atoms with Gasteiger partial charge in [0, 0.05) is 9.40 Å². The zero-order valence-corrected chi connectivity index (χ0v) is 12.2. The predicted molar refractivity (Wildman–Crippen MR) is 83.4 cm³/mol. The molecule has 2 aromatic heterocycles. The number of thiophene rings is 2. The van der Waals surface area contributed by atoms with Crippen molar-refractivity contribution in [3.63, 3.8) is 0 Å². The molecular formula is C15H13NO2S2. The van der Waals surface area contributed by atoms with Crippen LogP contribution in [-0.4, -0.2) is 17.6 Å². The summed E-state index contributed by atoms with van der Waals surface area (Å²) < 4.78 is 2.25. The Labute approximate surface area is 124 Å². The minimum Gasteiger partial charge on any atom is -0.394 e. The van der Waals surface area contributed by atoms with Gasteiger partial charge in [-0.3, -0.25) is 4.79 Å². The van der Waals surface area contributed by atoms with Crippen LogP contribution in [0.1, 0.15) is 21.3 Å². The topological polar surface area (TPSA) is 49.3 Å². The SMILES string of the molecule is O=C(NC(CO)c1ccccc1)c1cc2sccc2s1. The molecule has 1 aromatic carbocycles. The maximum atomic E-state index is 12.2. The molecule has 1 amide bonds. The number of rotatable bonds is 4. The predicted octanol–water partition coefficient (Wildman–Crippen LogP) is 3.43. The molecule has 0 bridgehead atoms. The van der Waals surface area contributed by atoms with Gasteiger partial charge in [-0.05, 0) is 23.1 Å². The van der Waals surface area contributed by atoms with Gasteiger partial charge in [0.15, 0.2) is 0 Å². The van der Waals surface area contributed by atoms with E-state index >= 15 is 0 Å². The Hall–Kier alpha value is -1.69. The summed E-state index contributed by atoms with van der Waals surface area (Å²) in [5.41, 5.74) is 0.904. The highest BCUT2D eigenvalue weighted by molar-refractivity contribution is 7.27. The third-order valence-corrected chi connectivity index (χ3v) is 5.15.